The summed E-state index contributed by atoms with van der Waals surface area (Å²) < 4.78 is 0. The molecule has 0 heteroatoms. The van der Waals surface area contributed by atoms with Crippen molar-refractivity contribution in [3.63, 3.8) is 0 Å². The van der Waals surface area contributed by atoms with Gasteiger partial charge >= 0.3 is 0 Å². The van der Waals surface area contributed by atoms with Gasteiger partial charge in [-0.05, 0) is 41.4 Å². The summed E-state index contributed by atoms with van der Waals surface area (Å²) in [4.78, 5) is 0. The molecule has 0 heterocycles. The number of rotatable bonds is 0. The van der Waals surface area contributed by atoms with Crippen molar-refractivity contribution in [3.05, 3.63) is 0 Å². The minimum absolute atomic E-state index is 0.443. The lowest BCUT2D eigenvalue weighted by atomic mass is 9.53. The molecule has 2 atom stereocenters. The second-order valence-corrected chi connectivity index (χ2v) is 7.67. The first-order chi connectivity index (χ1) is 6.06. The molecule has 0 spiro atoms. The minimum atomic E-state index is 0.443. The molecular weight excluding hydrogens is 168 g/mol. The molecule has 1 aliphatic carbocycles. The first kappa shape index (κ1) is 12.1. The highest BCUT2D eigenvalue weighted by molar-refractivity contribution is 4.96. The molecule has 0 N–H and O–H groups in total. The Morgan fingerprint density at radius 1 is 1.00 bits per heavy atom. The van der Waals surface area contributed by atoms with Gasteiger partial charge in [-0.2, -0.15) is 0 Å². The van der Waals surface area contributed by atoms with E-state index in [1.165, 1.54) is 19.3 Å². The predicted octanol–water partition coefficient (Wildman–Crippen LogP) is 4.89. The lowest BCUT2D eigenvalue weighted by Crippen LogP contribution is -2.43. The molecule has 0 amide bonds. The summed E-state index contributed by atoms with van der Waals surface area (Å²) >= 11 is 0. The quantitative estimate of drug-likeness (QED) is 0.518. The Balaban J connectivity index is 2.90. The molecular formula is C14H28. The summed E-state index contributed by atoms with van der Waals surface area (Å²) in [7, 11) is 0. The zero-order valence-corrected chi connectivity index (χ0v) is 11.2. The molecule has 1 saturated carbocycles. The summed E-state index contributed by atoms with van der Waals surface area (Å²) in [5, 5.41) is 0. The zero-order valence-electron chi connectivity index (χ0n) is 11.2. The third kappa shape index (κ3) is 2.32. The first-order valence-corrected chi connectivity index (χ1v) is 6.06. The van der Waals surface area contributed by atoms with Gasteiger partial charge in [0.2, 0.25) is 0 Å². The molecule has 0 saturated heterocycles. The van der Waals surface area contributed by atoms with Gasteiger partial charge < -0.3 is 0 Å². The normalized spacial score (nSPS) is 38.4. The van der Waals surface area contributed by atoms with E-state index in [4.69, 9.17) is 0 Å². The van der Waals surface area contributed by atoms with Crippen LogP contribution in [0.15, 0.2) is 0 Å². The Hall–Kier alpha value is 0. The average Bonchev–Trinajstić information content (AvgIpc) is 1.76. The average molecular weight is 196 g/mol. The van der Waals surface area contributed by atoms with Crippen molar-refractivity contribution in [1.82, 2.24) is 0 Å². The first-order valence-electron chi connectivity index (χ1n) is 6.06. The van der Waals surface area contributed by atoms with Gasteiger partial charge in [-0.1, -0.05) is 48.5 Å². The standard InChI is InChI=1S/C14H28/c1-11-8-13(5,6)10-14(7,9-11)12(2,3)4/h11H,8-10H2,1-7H3. The van der Waals surface area contributed by atoms with Gasteiger partial charge in [-0.15, -0.1) is 0 Å². The third-order valence-corrected chi connectivity index (χ3v) is 4.38. The molecule has 1 rings (SSSR count). The van der Waals surface area contributed by atoms with E-state index in [0.29, 0.717) is 16.2 Å². The maximum absolute atomic E-state index is 2.49. The van der Waals surface area contributed by atoms with Gasteiger partial charge in [0, 0.05) is 0 Å². The fraction of sp³-hybridized carbons (Fsp3) is 1.00. The van der Waals surface area contributed by atoms with Crippen LogP contribution < -0.4 is 0 Å². The van der Waals surface area contributed by atoms with Crippen LogP contribution in [0.1, 0.15) is 67.7 Å². The van der Waals surface area contributed by atoms with Gasteiger partial charge in [0.15, 0.2) is 0 Å². The van der Waals surface area contributed by atoms with Crippen LogP contribution >= 0.6 is 0 Å². The molecule has 0 radical (unpaired) electrons. The van der Waals surface area contributed by atoms with Crippen LogP contribution in [0.4, 0.5) is 0 Å². The molecule has 0 bridgehead atoms. The van der Waals surface area contributed by atoms with Crippen molar-refractivity contribution in [2.45, 2.75) is 67.7 Å². The molecule has 14 heavy (non-hydrogen) atoms. The van der Waals surface area contributed by atoms with E-state index in [9.17, 15) is 0 Å². The number of hydrogen-bond donors (Lipinski definition) is 0. The van der Waals surface area contributed by atoms with Gasteiger partial charge in [0.05, 0.1) is 0 Å². The van der Waals surface area contributed by atoms with Crippen molar-refractivity contribution >= 4 is 0 Å². The smallest absolute Gasteiger partial charge is 0.0270 e. The fourth-order valence-electron chi connectivity index (χ4n) is 3.56. The SMILES string of the molecule is CC1CC(C)(C)CC(C)(C(C)(C)C)C1. The predicted molar refractivity (Wildman–Crippen MR) is 64.4 cm³/mol. The van der Waals surface area contributed by atoms with Crippen molar-refractivity contribution < 1.29 is 0 Å². The van der Waals surface area contributed by atoms with Gasteiger partial charge in [0.1, 0.15) is 0 Å². The molecule has 84 valence electrons. The van der Waals surface area contributed by atoms with Gasteiger partial charge in [-0.3, -0.25) is 0 Å². The maximum Gasteiger partial charge on any atom is -0.0270 e. The van der Waals surface area contributed by atoms with E-state index in [2.05, 4.69) is 48.5 Å². The molecule has 0 aromatic carbocycles. The van der Waals surface area contributed by atoms with E-state index < -0.39 is 0 Å². The third-order valence-electron chi connectivity index (χ3n) is 4.38. The van der Waals surface area contributed by atoms with Crippen LogP contribution in [-0.4, -0.2) is 0 Å². The van der Waals surface area contributed by atoms with Crippen LogP contribution in [0.25, 0.3) is 0 Å². The summed E-state index contributed by atoms with van der Waals surface area (Å²) in [5.74, 6) is 0.892. The van der Waals surface area contributed by atoms with Crippen LogP contribution in [-0.2, 0) is 0 Å². The minimum Gasteiger partial charge on any atom is -0.0625 e. The maximum atomic E-state index is 2.49. The van der Waals surface area contributed by atoms with Crippen molar-refractivity contribution in [2.24, 2.45) is 22.2 Å². The van der Waals surface area contributed by atoms with Gasteiger partial charge in [-0.25, -0.2) is 0 Å². The Morgan fingerprint density at radius 2 is 1.50 bits per heavy atom. The summed E-state index contributed by atoms with van der Waals surface area (Å²) in [6.07, 6.45) is 4.19. The van der Waals surface area contributed by atoms with E-state index in [1.807, 2.05) is 0 Å². The van der Waals surface area contributed by atoms with E-state index in [1.54, 1.807) is 0 Å². The number of hydrogen-bond acceptors (Lipinski definition) is 0. The zero-order chi connectivity index (χ0) is 11.2. The van der Waals surface area contributed by atoms with Crippen molar-refractivity contribution in [3.8, 4) is 0 Å². The second-order valence-electron chi connectivity index (χ2n) is 7.67. The van der Waals surface area contributed by atoms with Crippen LogP contribution in [0.2, 0.25) is 0 Å². The molecule has 1 aliphatic rings. The highest BCUT2D eigenvalue weighted by atomic mass is 14.5. The van der Waals surface area contributed by atoms with Gasteiger partial charge in [0.25, 0.3) is 0 Å². The second kappa shape index (κ2) is 3.25. The van der Waals surface area contributed by atoms with E-state index >= 15 is 0 Å². The Labute approximate surface area is 90.5 Å². The van der Waals surface area contributed by atoms with E-state index in [-0.39, 0.29) is 0 Å². The van der Waals surface area contributed by atoms with Crippen molar-refractivity contribution in [1.29, 1.82) is 0 Å². The summed E-state index contributed by atoms with van der Waals surface area (Å²) in [5.41, 5.74) is 1.51. The molecule has 0 aromatic heterocycles. The molecule has 1 fully saturated rings. The highest BCUT2D eigenvalue weighted by Crippen LogP contribution is 2.56. The summed E-state index contributed by atoms with van der Waals surface area (Å²) in [6.45, 7) is 17.0. The molecule has 0 aliphatic heterocycles. The van der Waals surface area contributed by atoms with E-state index in [0.717, 1.165) is 5.92 Å². The summed E-state index contributed by atoms with van der Waals surface area (Å²) in [6, 6.07) is 0. The lowest BCUT2D eigenvalue weighted by Gasteiger charge is -2.52. The molecule has 0 nitrogen and oxygen atoms in total. The Bertz CT molecular complexity index is 207. The topological polar surface area (TPSA) is 0 Å². The highest BCUT2D eigenvalue weighted by Gasteiger charge is 2.45. The fourth-order valence-corrected chi connectivity index (χ4v) is 3.56. The molecule has 2 unspecified atom stereocenters. The Morgan fingerprint density at radius 3 is 1.86 bits per heavy atom. The lowest BCUT2D eigenvalue weighted by molar-refractivity contribution is -0.0224. The van der Waals surface area contributed by atoms with Crippen LogP contribution in [0.3, 0.4) is 0 Å². The Kier molecular flexibility index (Phi) is 2.80. The van der Waals surface area contributed by atoms with Crippen LogP contribution in [0.5, 0.6) is 0 Å². The molecule has 0 aromatic rings. The van der Waals surface area contributed by atoms with Crippen LogP contribution in [0, 0.1) is 22.2 Å². The van der Waals surface area contributed by atoms with Crippen molar-refractivity contribution in [2.75, 3.05) is 0 Å². The largest absolute Gasteiger partial charge is 0.0625 e. The monoisotopic (exact) mass is 196 g/mol.